The predicted octanol–water partition coefficient (Wildman–Crippen LogP) is -1.68. The Bertz CT molecular complexity index is 231. The summed E-state index contributed by atoms with van der Waals surface area (Å²) in [6.07, 6.45) is 0.895. The van der Waals surface area contributed by atoms with Crippen molar-refractivity contribution in [1.29, 1.82) is 0 Å². The fraction of sp³-hybridized carbons (Fsp3) is 0.500. The van der Waals surface area contributed by atoms with E-state index in [4.69, 9.17) is 7.85 Å². The van der Waals surface area contributed by atoms with Crippen molar-refractivity contribution in [2.24, 2.45) is 0 Å². The molecule has 1 heterocycles. The minimum absolute atomic E-state index is 0.269. The second-order valence-electron chi connectivity index (χ2n) is 2.55. The second kappa shape index (κ2) is 3.38. The van der Waals surface area contributed by atoms with Gasteiger partial charge in [0.15, 0.2) is 5.81 Å². The van der Waals surface area contributed by atoms with Crippen LogP contribution in [0.3, 0.4) is 0 Å². The first-order valence-electron chi connectivity index (χ1n) is 3.45. The van der Waals surface area contributed by atoms with Crippen LogP contribution in [-0.2, 0) is 9.59 Å². The Morgan fingerprint density at radius 2 is 2.42 bits per heavy atom. The van der Waals surface area contributed by atoms with E-state index in [2.05, 4.69) is 10.6 Å². The van der Waals surface area contributed by atoms with Crippen LogP contribution in [0.5, 0.6) is 0 Å². The van der Waals surface area contributed by atoms with Crippen LogP contribution >= 0.6 is 0 Å². The molecule has 62 valence electrons. The number of carbonyl (C=O) groups excluding carboxylic acids is 3. The molecule has 0 spiro atoms. The van der Waals surface area contributed by atoms with Crippen LogP contribution < -0.4 is 10.6 Å². The molecule has 0 unspecified atom stereocenters. The van der Waals surface area contributed by atoms with Gasteiger partial charge in [-0.15, -0.1) is 0 Å². The van der Waals surface area contributed by atoms with Gasteiger partial charge in [0.05, 0.1) is 6.04 Å². The lowest BCUT2D eigenvalue weighted by Gasteiger charge is -2.06. The lowest BCUT2D eigenvalue weighted by atomic mass is 10.1. The van der Waals surface area contributed by atoms with Crippen LogP contribution in [-0.4, -0.2) is 37.9 Å². The Morgan fingerprint density at radius 1 is 1.75 bits per heavy atom. The molecule has 0 aliphatic carbocycles. The molecule has 2 radical (unpaired) electrons. The summed E-state index contributed by atoms with van der Waals surface area (Å²) in [4.78, 5) is 31.5. The van der Waals surface area contributed by atoms with Gasteiger partial charge in [0.25, 0.3) is 0 Å². The van der Waals surface area contributed by atoms with E-state index in [9.17, 15) is 14.4 Å². The number of hydrogen-bond acceptors (Lipinski definition) is 3. The van der Waals surface area contributed by atoms with Gasteiger partial charge < -0.3 is 15.4 Å². The smallest absolute Gasteiger partial charge is 0.243 e. The number of hydrogen-bond donors (Lipinski definition) is 2. The van der Waals surface area contributed by atoms with Crippen LogP contribution in [0, 0.1) is 0 Å². The summed E-state index contributed by atoms with van der Waals surface area (Å²) >= 11 is 0. The summed E-state index contributed by atoms with van der Waals surface area (Å²) < 4.78 is 0. The summed E-state index contributed by atoms with van der Waals surface area (Å²) in [5, 5.41) is 4.61. The average molecular weight is 166 g/mol. The molecule has 5 nitrogen and oxygen atoms in total. The molecular formula is C6H7BN2O3. The third-order valence-electron chi connectivity index (χ3n) is 1.61. The number of rotatable bonds is 2. The van der Waals surface area contributed by atoms with Crippen LogP contribution in [0.4, 0.5) is 4.79 Å². The fourth-order valence-corrected chi connectivity index (χ4v) is 1.09. The van der Waals surface area contributed by atoms with Gasteiger partial charge in [-0.25, -0.2) is 0 Å². The Morgan fingerprint density at radius 3 is 2.83 bits per heavy atom. The SMILES string of the molecule is [B]C(=O)N[C@H]1C[C@@H](C=O)NC1=O. The number of amides is 2. The third kappa shape index (κ3) is 1.84. The highest BCUT2D eigenvalue weighted by molar-refractivity contribution is 6.57. The molecule has 2 amide bonds. The summed E-state index contributed by atoms with van der Waals surface area (Å²) in [6, 6.07) is -1.17. The predicted molar refractivity (Wildman–Crippen MR) is 40.7 cm³/mol. The van der Waals surface area contributed by atoms with Crippen LogP contribution in [0.1, 0.15) is 6.42 Å². The van der Waals surface area contributed by atoms with E-state index in [0.29, 0.717) is 6.29 Å². The Kier molecular flexibility index (Phi) is 2.47. The Hall–Kier alpha value is -1.33. The van der Waals surface area contributed by atoms with Gasteiger partial charge in [0.2, 0.25) is 13.8 Å². The molecule has 0 bridgehead atoms. The summed E-state index contributed by atoms with van der Waals surface area (Å²) in [6.45, 7) is 0. The van der Waals surface area contributed by atoms with Gasteiger partial charge in [-0.2, -0.15) is 0 Å². The average Bonchev–Trinajstić information content (AvgIpc) is 2.31. The number of carbonyl (C=O) groups is 3. The summed E-state index contributed by atoms with van der Waals surface area (Å²) in [7, 11) is 4.80. The molecule has 0 saturated carbocycles. The molecule has 6 heteroatoms. The molecule has 1 fully saturated rings. The minimum Gasteiger partial charge on any atom is -0.354 e. The standard InChI is InChI=1S/C6H7BN2O3/c7-6(12)9-4-1-3(2-10)8-5(4)11/h2-4H,1H2,(H,8,11)(H,9,12)/t3-,4-/m0/s1. The zero-order valence-electron chi connectivity index (χ0n) is 6.24. The maximum absolute atomic E-state index is 10.9. The molecule has 12 heavy (non-hydrogen) atoms. The molecule has 1 aliphatic heterocycles. The first-order chi connectivity index (χ1) is 5.63. The van der Waals surface area contributed by atoms with Gasteiger partial charge in [0, 0.05) is 6.42 Å². The molecule has 1 aliphatic rings. The van der Waals surface area contributed by atoms with Gasteiger partial charge in [-0.1, -0.05) is 0 Å². The Balaban J connectivity index is 2.51. The first kappa shape index (κ1) is 8.77. The normalized spacial score (nSPS) is 27.8. The fourth-order valence-electron chi connectivity index (χ4n) is 1.09. The molecule has 0 aromatic carbocycles. The highest BCUT2D eigenvalue weighted by Gasteiger charge is 2.31. The quantitative estimate of drug-likeness (QED) is 0.380. The summed E-state index contributed by atoms with van der Waals surface area (Å²) in [5.74, 6) is -1.13. The van der Waals surface area contributed by atoms with Crippen molar-refractivity contribution < 1.29 is 14.4 Å². The van der Waals surface area contributed by atoms with Crippen molar-refractivity contribution in [1.82, 2.24) is 10.6 Å². The largest absolute Gasteiger partial charge is 0.354 e. The number of nitrogens with one attached hydrogen (secondary N) is 2. The van der Waals surface area contributed by atoms with E-state index in [1.54, 1.807) is 0 Å². The highest BCUT2D eigenvalue weighted by Crippen LogP contribution is 2.05. The van der Waals surface area contributed by atoms with E-state index < -0.39 is 17.9 Å². The molecular weight excluding hydrogens is 159 g/mol. The van der Waals surface area contributed by atoms with Gasteiger partial charge in [-0.05, 0) is 0 Å². The summed E-state index contributed by atoms with van der Waals surface area (Å²) in [5.41, 5.74) is 0. The molecule has 0 aromatic rings. The molecule has 0 aromatic heterocycles. The highest BCUT2D eigenvalue weighted by atomic mass is 16.2. The molecule has 1 rings (SSSR count). The third-order valence-corrected chi connectivity index (χ3v) is 1.61. The van der Waals surface area contributed by atoms with E-state index in [1.807, 2.05) is 0 Å². The molecule has 2 N–H and O–H groups in total. The van der Waals surface area contributed by atoms with Crippen molar-refractivity contribution >= 4 is 25.8 Å². The second-order valence-corrected chi connectivity index (χ2v) is 2.55. The maximum Gasteiger partial charge on any atom is 0.243 e. The zero-order valence-corrected chi connectivity index (χ0v) is 6.24. The Labute approximate surface area is 70.3 Å². The van der Waals surface area contributed by atoms with E-state index in [0.717, 1.165) is 0 Å². The van der Waals surface area contributed by atoms with Crippen LogP contribution in [0.2, 0.25) is 0 Å². The lowest BCUT2D eigenvalue weighted by Crippen LogP contribution is -2.39. The van der Waals surface area contributed by atoms with Crippen molar-refractivity contribution in [3.05, 3.63) is 0 Å². The molecule has 1 saturated heterocycles. The van der Waals surface area contributed by atoms with Gasteiger partial charge in [0.1, 0.15) is 12.3 Å². The van der Waals surface area contributed by atoms with Crippen LogP contribution in [0.25, 0.3) is 0 Å². The van der Waals surface area contributed by atoms with E-state index in [1.165, 1.54) is 0 Å². The lowest BCUT2D eigenvalue weighted by molar-refractivity contribution is -0.121. The van der Waals surface area contributed by atoms with Crippen molar-refractivity contribution in [3.8, 4) is 0 Å². The van der Waals surface area contributed by atoms with Gasteiger partial charge >= 0.3 is 0 Å². The number of aldehydes is 1. The topological polar surface area (TPSA) is 75.3 Å². The first-order valence-corrected chi connectivity index (χ1v) is 3.45. The minimum atomic E-state index is -0.762. The van der Waals surface area contributed by atoms with E-state index >= 15 is 0 Å². The van der Waals surface area contributed by atoms with Crippen molar-refractivity contribution in [2.75, 3.05) is 0 Å². The zero-order chi connectivity index (χ0) is 9.14. The molecule has 2 atom stereocenters. The van der Waals surface area contributed by atoms with Gasteiger partial charge in [-0.3, -0.25) is 9.59 Å². The van der Waals surface area contributed by atoms with Crippen molar-refractivity contribution in [3.63, 3.8) is 0 Å². The van der Waals surface area contributed by atoms with Crippen molar-refractivity contribution in [2.45, 2.75) is 18.5 Å². The monoisotopic (exact) mass is 166 g/mol. The van der Waals surface area contributed by atoms with Crippen LogP contribution in [0.15, 0.2) is 0 Å². The van der Waals surface area contributed by atoms with E-state index in [-0.39, 0.29) is 12.3 Å². The maximum atomic E-state index is 10.9.